The van der Waals surface area contributed by atoms with Crippen LogP contribution < -0.4 is 15.8 Å². The Morgan fingerprint density at radius 1 is 1.29 bits per heavy atom. The Labute approximate surface area is 137 Å². The summed E-state index contributed by atoms with van der Waals surface area (Å²) in [6.45, 7) is 3.64. The van der Waals surface area contributed by atoms with Gasteiger partial charge in [0.05, 0.1) is 3.57 Å². The van der Waals surface area contributed by atoms with Gasteiger partial charge < -0.3 is 15.8 Å². The number of carbonyl (C=O) groups excluding carboxylic acids is 1. The molecule has 2 rings (SSSR count). The molecule has 0 spiro atoms. The molecule has 110 valence electrons. The smallest absolute Gasteiger partial charge is 0.265 e. The maximum atomic E-state index is 12.2. The van der Waals surface area contributed by atoms with Crippen LogP contribution in [0.1, 0.15) is 12.5 Å². The minimum absolute atomic E-state index is 0.205. The van der Waals surface area contributed by atoms with Crippen LogP contribution >= 0.6 is 22.6 Å². The van der Waals surface area contributed by atoms with Gasteiger partial charge in [0.15, 0.2) is 6.10 Å². The highest BCUT2D eigenvalue weighted by molar-refractivity contribution is 14.1. The topological polar surface area (TPSA) is 64.3 Å². The Hall–Kier alpha value is -1.76. The van der Waals surface area contributed by atoms with Crippen molar-refractivity contribution in [3.8, 4) is 5.75 Å². The van der Waals surface area contributed by atoms with E-state index in [1.807, 2.05) is 37.3 Å². The quantitative estimate of drug-likeness (QED) is 0.614. The number of amides is 1. The standard InChI is InChI=1S/C16H17IN2O2/c1-10-7-8-12(18)9-14(10)19-16(20)11(2)21-15-6-4-3-5-13(15)17/h3-9,11H,18H2,1-2H3,(H,19,20). The minimum Gasteiger partial charge on any atom is -0.480 e. The van der Waals surface area contributed by atoms with Gasteiger partial charge >= 0.3 is 0 Å². The molecule has 3 N–H and O–H groups in total. The number of ether oxygens (including phenoxy) is 1. The molecule has 0 aromatic heterocycles. The van der Waals surface area contributed by atoms with Gasteiger partial charge in [-0.2, -0.15) is 0 Å². The number of benzene rings is 2. The lowest BCUT2D eigenvalue weighted by Gasteiger charge is -2.16. The molecular weight excluding hydrogens is 379 g/mol. The van der Waals surface area contributed by atoms with Gasteiger partial charge in [-0.05, 0) is 66.3 Å². The van der Waals surface area contributed by atoms with E-state index in [9.17, 15) is 4.79 Å². The number of halogens is 1. The Bertz CT molecular complexity index is 658. The molecule has 0 saturated carbocycles. The second kappa shape index (κ2) is 6.80. The minimum atomic E-state index is -0.596. The van der Waals surface area contributed by atoms with E-state index in [4.69, 9.17) is 10.5 Å². The fraction of sp³-hybridized carbons (Fsp3) is 0.188. The van der Waals surface area contributed by atoms with Crippen LogP contribution in [-0.4, -0.2) is 12.0 Å². The van der Waals surface area contributed by atoms with Crippen molar-refractivity contribution in [1.29, 1.82) is 0 Å². The Kier molecular flexibility index (Phi) is 5.06. The number of para-hydroxylation sites is 1. The summed E-state index contributed by atoms with van der Waals surface area (Å²) in [6, 6.07) is 13.0. The fourth-order valence-corrected chi connectivity index (χ4v) is 2.31. The largest absolute Gasteiger partial charge is 0.480 e. The SMILES string of the molecule is Cc1ccc(N)cc1NC(=O)C(C)Oc1ccccc1I. The molecule has 1 unspecified atom stereocenters. The van der Waals surface area contributed by atoms with E-state index < -0.39 is 6.10 Å². The maximum Gasteiger partial charge on any atom is 0.265 e. The van der Waals surface area contributed by atoms with Crippen LogP contribution in [-0.2, 0) is 4.79 Å². The fourth-order valence-electron chi connectivity index (χ4n) is 1.79. The molecule has 21 heavy (non-hydrogen) atoms. The van der Waals surface area contributed by atoms with Crippen molar-refractivity contribution in [2.45, 2.75) is 20.0 Å². The molecule has 0 heterocycles. The number of aryl methyl sites for hydroxylation is 1. The first kappa shape index (κ1) is 15.6. The average molecular weight is 396 g/mol. The normalized spacial score (nSPS) is 11.8. The van der Waals surface area contributed by atoms with Crippen LogP contribution in [0.5, 0.6) is 5.75 Å². The van der Waals surface area contributed by atoms with Crippen LogP contribution in [0.25, 0.3) is 0 Å². The third-order valence-corrected chi connectivity index (χ3v) is 3.92. The monoisotopic (exact) mass is 396 g/mol. The first-order chi connectivity index (χ1) is 9.97. The van der Waals surface area contributed by atoms with Gasteiger partial charge in [-0.3, -0.25) is 4.79 Å². The summed E-state index contributed by atoms with van der Waals surface area (Å²) in [4.78, 5) is 12.2. The molecule has 0 radical (unpaired) electrons. The summed E-state index contributed by atoms with van der Waals surface area (Å²) in [7, 11) is 0. The molecular formula is C16H17IN2O2. The third-order valence-electron chi connectivity index (χ3n) is 3.03. The summed E-state index contributed by atoms with van der Waals surface area (Å²) in [6.07, 6.45) is -0.596. The van der Waals surface area contributed by atoms with Crippen molar-refractivity contribution >= 4 is 39.9 Å². The van der Waals surface area contributed by atoms with Crippen molar-refractivity contribution in [2.24, 2.45) is 0 Å². The summed E-state index contributed by atoms with van der Waals surface area (Å²) < 4.78 is 6.67. The van der Waals surface area contributed by atoms with Gasteiger partial charge in [0.2, 0.25) is 0 Å². The first-order valence-electron chi connectivity index (χ1n) is 6.55. The van der Waals surface area contributed by atoms with Crippen molar-refractivity contribution < 1.29 is 9.53 Å². The van der Waals surface area contributed by atoms with E-state index in [0.29, 0.717) is 17.1 Å². The zero-order chi connectivity index (χ0) is 15.4. The number of nitrogens with two attached hydrogens (primary N) is 1. The number of anilines is 2. The summed E-state index contributed by atoms with van der Waals surface area (Å²) in [5, 5.41) is 2.84. The second-order valence-electron chi connectivity index (χ2n) is 4.75. The van der Waals surface area contributed by atoms with Crippen molar-refractivity contribution in [1.82, 2.24) is 0 Å². The molecule has 0 saturated heterocycles. The predicted octanol–water partition coefficient (Wildman–Crippen LogP) is 3.59. The molecule has 0 bridgehead atoms. The van der Waals surface area contributed by atoms with Crippen molar-refractivity contribution in [2.75, 3.05) is 11.1 Å². The third kappa shape index (κ3) is 4.10. The Morgan fingerprint density at radius 2 is 2.00 bits per heavy atom. The molecule has 0 aliphatic heterocycles. The number of carbonyl (C=O) groups is 1. The molecule has 2 aromatic rings. The van der Waals surface area contributed by atoms with Crippen molar-refractivity contribution in [3.05, 3.63) is 51.6 Å². The Morgan fingerprint density at radius 3 is 2.71 bits per heavy atom. The van der Waals surface area contributed by atoms with Gasteiger partial charge in [-0.1, -0.05) is 18.2 Å². The maximum absolute atomic E-state index is 12.2. The van der Waals surface area contributed by atoms with Gasteiger partial charge in [0.1, 0.15) is 5.75 Å². The van der Waals surface area contributed by atoms with E-state index in [-0.39, 0.29) is 5.91 Å². The van der Waals surface area contributed by atoms with E-state index >= 15 is 0 Å². The highest BCUT2D eigenvalue weighted by Gasteiger charge is 2.16. The molecule has 5 heteroatoms. The molecule has 0 aliphatic rings. The average Bonchev–Trinajstić information content (AvgIpc) is 2.45. The first-order valence-corrected chi connectivity index (χ1v) is 7.63. The van der Waals surface area contributed by atoms with Gasteiger partial charge in [-0.25, -0.2) is 0 Å². The zero-order valence-electron chi connectivity index (χ0n) is 11.9. The summed E-state index contributed by atoms with van der Waals surface area (Å²) in [5.74, 6) is 0.494. The van der Waals surface area contributed by atoms with Crippen molar-refractivity contribution in [3.63, 3.8) is 0 Å². The predicted molar refractivity (Wildman–Crippen MR) is 93.5 cm³/mol. The van der Waals surface area contributed by atoms with Crippen LogP contribution in [0.2, 0.25) is 0 Å². The molecule has 1 atom stereocenters. The second-order valence-corrected chi connectivity index (χ2v) is 5.92. The molecule has 1 amide bonds. The van der Waals surface area contributed by atoms with Gasteiger partial charge in [0.25, 0.3) is 5.91 Å². The molecule has 0 aliphatic carbocycles. The lowest BCUT2D eigenvalue weighted by Crippen LogP contribution is -2.30. The highest BCUT2D eigenvalue weighted by atomic mass is 127. The van der Waals surface area contributed by atoms with Gasteiger partial charge in [-0.15, -0.1) is 0 Å². The van der Waals surface area contributed by atoms with E-state index in [1.54, 1.807) is 19.1 Å². The van der Waals surface area contributed by atoms with Crippen LogP contribution in [0.15, 0.2) is 42.5 Å². The number of nitrogens with one attached hydrogen (secondary N) is 1. The molecule has 2 aromatic carbocycles. The summed E-state index contributed by atoms with van der Waals surface area (Å²) >= 11 is 2.18. The molecule has 0 fully saturated rings. The van der Waals surface area contributed by atoms with Crippen LogP contribution in [0.3, 0.4) is 0 Å². The Balaban J connectivity index is 2.06. The zero-order valence-corrected chi connectivity index (χ0v) is 14.0. The van der Waals surface area contributed by atoms with Crippen LogP contribution in [0.4, 0.5) is 11.4 Å². The van der Waals surface area contributed by atoms with Crippen LogP contribution in [0, 0.1) is 10.5 Å². The molecule has 4 nitrogen and oxygen atoms in total. The van der Waals surface area contributed by atoms with E-state index in [0.717, 1.165) is 9.13 Å². The highest BCUT2D eigenvalue weighted by Crippen LogP contribution is 2.22. The lowest BCUT2D eigenvalue weighted by atomic mass is 10.1. The van der Waals surface area contributed by atoms with E-state index in [2.05, 4.69) is 27.9 Å². The van der Waals surface area contributed by atoms with E-state index in [1.165, 1.54) is 0 Å². The van der Waals surface area contributed by atoms with Gasteiger partial charge in [0, 0.05) is 11.4 Å². The lowest BCUT2D eigenvalue weighted by molar-refractivity contribution is -0.122. The number of nitrogen functional groups attached to an aromatic ring is 1. The summed E-state index contributed by atoms with van der Waals surface area (Å²) in [5.41, 5.74) is 8.02. The number of hydrogen-bond donors (Lipinski definition) is 2. The number of rotatable bonds is 4. The number of hydrogen-bond acceptors (Lipinski definition) is 3.